The van der Waals surface area contributed by atoms with Crippen molar-refractivity contribution in [2.45, 2.75) is 19.3 Å². The van der Waals surface area contributed by atoms with E-state index in [1.54, 1.807) is 0 Å². The standard InChI is InChI=1S/C12H14N2O2/c13-6-2-1-3-7-14-10-4-5-11-12(8-10)16-9-15-11/h4-5,8,14H,1-3,7,9H2. The molecule has 0 unspecified atom stereocenters. The van der Waals surface area contributed by atoms with Crippen LogP contribution in [0, 0.1) is 11.3 Å². The van der Waals surface area contributed by atoms with Gasteiger partial charge in [-0.05, 0) is 25.0 Å². The fourth-order valence-electron chi connectivity index (χ4n) is 1.57. The number of ether oxygens (including phenoxy) is 2. The lowest BCUT2D eigenvalue weighted by atomic mass is 10.2. The monoisotopic (exact) mass is 218 g/mol. The lowest BCUT2D eigenvalue weighted by molar-refractivity contribution is 0.174. The van der Waals surface area contributed by atoms with E-state index < -0.39 is 0 Å². The predicted octanol–water partition coefficient (Wildman–Crippen LogP) is 2.52. The number of hydrogen-bond acceptors (Lipinski definition) is 4. The van der Waals surface area contributed by atoms with E-state index in [4.69, 9.17) is 14.7 Å². The first kappa shape index (κ1) is 10.6. The number of nitriles is 1. The van der Waals surface area contributed by atoms with Crippen molar-refractivity contribution in [1.29, 1.82) is 5.26 Å². The number of rotatable bonds is 5. The summed E-state index contributed by atoms with van der Waals surface area (Å²) in [5.74, 6) is 1.59. The van der Waals surface area contributed by atoms with Crippen LogP contribution in [-0.2, 0) is 0 Å². The minimum absolute atomic E-state index is 0.307. The fraction of sp³-hybridized carbons (Fsp3) is 0.417. The van der Waals surface area contributed by atoms with Crippen LogP contribution in [0.1, 0.15) is 19.3 Å². The third-order valence-electron chi connectivity index (χ3n) is 2.42. The molecule has 0 radical (unpaired) electrons. The topological polar surface area (TPSA) is 54.3 Å². The molecular formula is C12H14N2O2. The van der Waals surface area contributed by atoms with Gasteiger partial charge in [0.25, 0.3) is 0 Å². The van der Waals surface area contributed by atoms with Gasteiger partial charge in [0.15, 0.2) is 11.5 Å². The molecule has 84 valence electrons. The molecule has 0 spiro atoms. The second-order valence-electron chi connectivity index (χ2n) is 3.61. The van der Waals surface area contributed by atoms with Gasteiger partial charge in [-0.25, -0.2) is 0 Å². The van der Waals surface area contributed by atoms with Gasteiger partial charge in [0.1, 0.15) is 0 Å². The SMILES string of the molecule is N#CCCCCNc1ccc2c(c1)OCO2. The zero-order valence-corrected chi connectivity index (χ0v) is 9.03. The number of fused-ring (bicyclic) bond motifs is 1. The van der Waals surface area contributed by atoms with E-state index in [0.717, 1.165) is 36.6 Å². The smallest absolute Gasteiger partial charge is 0.231 e. The molecule has 0 aromatic heterocycles. The van der Waals surface area contributed by atoms with Gasteiger partial charge in [-0.1, -0.05) is 0 Å². The third-order valence-corrected chi connectivity index (χ3v) is 2.42. The molecule has 1 aromatic rings. The van der Waals surface area contributed by atoms with Gasteiger partial charge < -0.3 is 14.8 Å². The van der Waals surface area contributed by atoms with Crippen LogP contribution in [0.5, 0.6) is 11.5 Å². The third kappa shape index (κ3) is 2.57. The highest BCUT2D eigenvalue weighted by Gasteiger charge is 2.12. The lowest BCUT2D eigenvalue weighted by Crippen LogP contribution is -2.00. The molecule has 2 rings (SSSR count). The van der Waals surface area contributed by atoms with Crippen LogP contribution in [0.25, 0.3) is 0 Å². The molecule has 1 aliphatic rings. The Bertz CT molecular complexity index is 398. The van der Waals surface area contributed by atoms with E-state index in [9.17, 15) is 0 Å². The van der Waals surface area contributed by atoms with Crippen LogP contribution in [0.15, 0.2) is 18.2 Å². The average Bonchev–Trinajstić information content (AvgIpc) is 2.76. The zero-order chi connectivity index (χ0) is 11.2. The van der Waals surface area contributed by atoms with Gasteiger partial charge in [0, 0.05) is 24.7 Å². The first-order chi connectivity index (χ1) is 7.90. The Balaban J connectivity index is 1.80. The summed E-state index contributed by atoms with van der Waals surface area (Å²) in [5, 5.41) is 11.7. The zero-order valence-electron chi connectivity index (χ0n) is 9.03. The number of anilines is 1. The van der Waals surface area contributed by atoms with E-state index in [0.29, 0.717) is 13.2 Å². The van der Waals surface area contributed by atoms with Crippen LogP contribution in [0.2, 0.25) is 0 Å². The molecule has 16 heavy (non-hydrogen) atoms. The van der Waals surface area contributed by atoms with Gasteiger partial charge in [-0.3, -0.25) is 0 Å². The van der Waals surface area contributed by atoms with E-state index in [1.165, 1.54) is 0 Å². The van der Waals surface area contributed by atoms with E-state index >= 15 is 0 Å². The Hall–Kier alpha value is -1.89. The molecule has 0 fully saturated rings. The molecule has 1 N–H and O–H groups in total. The normalized spacial score (nSPS) is 12.2. The molecule has 1 heterocycles. The highest BCUT2D eigenvalue weighted by Crippen LogP contribution is 2.34. The van der Waals surface area contributed by atoms with E-state index in [1.807, 2.05) is 18.2 Å². The molecule has 4 heteroatoms. The summed E-state index contributed by atoms with van der Waals surface area (Å²) in [6, 6.07) is 7.95. The Morgan fingerprint density at radius 3 is 3.00 bits per heavy atom. The number of hydrogen-bond donors (Lipinski definition) is 1. The van der Waals surface area contributed by atoms with Crippen LogP contribution in [0.4, 0.5) is 5.69 Å². The molecule has 0 bridgehead atoms. The van der Waals surface area contributed by atoms with Crippen molar-refractivity contribution >= 4 is 5.69 Å². The van der Waals surface area contributed by atoms with Crippen molar-refractivity contribution in [2.24, 2.45) is 0 Å². The number of nitrogens with one attached hydrogen (secondary N) is 1. The first-order valence-corrected chi connectivity index (χ1v) is 5.40. The van der Waals surface area contributed by atoms with E-state index in [2.05, 4.69) is 11.4 Å². The van der Waals surface area contributed by atoms with Gasteiger partial charge >= 0.3 is 0 Å². The molecule has 0 saturated heterocycles. The quantitative estimate of drug-likeness (QED) is 0.771. The van der Waals surface area contributed by atoms with Crippen molar-refractivity contribution in [3.05, 3.63) is 18.2 Å². The minimum atomic E-state index is 0.307. The molecule has 0 saturated carbocycles. The lowest BCUT2D eigenvalue weighted by Gasteiger charge is -2.06. The summed E-state index contributed by atoms with van der Waals surface area (Å²) in [4.78, 5) is 0. The van der Waals surface area contributed by atoms with Gasteiger partial charge in [-0.15, -0.1) is 0 Å². The van der Waals surface area contributed by atoms with Crippen LogP contribution in [0.3, 0.4) is 0 Å². The Kier molecular flexibility index (Phi) is 3.50. The maximum atomic E-state index is 8.39. The van der Waals surface area contributed by atoms with Crippen molar-refractivity contribution in [1.82, 2.24) is 0 Å². The average molecular weight is 218 g/mol. The molecule has 0 aliphatic carbocycles. The Labute approximate surface area is 94.8 Å². The highest BCUT2D eigenvalue weighted by molar-refractivity contribution is 5.55. The minimum Gasteiger partial charge on any atom is -0.454 e. The van der Waals surface area contributed by atoms with E-state index in [-0.39, 0.29) is 0 Å². The van der Waals surface area contributed by atoms with Crippen molar-refractivity contribution < 1.29 is 9.47 Å². The summed E-state index contributed by atoms with van der Waals surface area (Å²) >= 11 is 0. The molecule has 0 amide bonds. The molecule has 1 aromatic carbocycles. The van der Waals surface area contributed by atoms with Crippen LogP contribution < -0.4 is 14.8 Å². The second-order valence-corrected chi connectivity index (χ2v) is 3.61. The van der Waals surface area contributed by atoms with Crippen molar-refractivity contribution in [3.63, 3.8) is 0 Å². The largest absolute Gasteiger partial charge is 0.454 e. The number of nitrogens with zero attached hydrogens (tertiary/aromatic N) is 1. The maximum absolute atomic E-state index is 8.39. The van der Waals surface area contributed by atoms with Crippen LogP contribution >= 0.6 is 0 Å². The van der Waals surface area contributed by atoms with Gasteiger partial charge in [0.2, 0.25) is 6.79 Å². The summed E-state index contributed by atoms with van der Waals surface area (Å²) in [6.45, 7) is 1.18. The summed E-state index contributed by atoms with van der Waals surface area (Å²) in [6.07, 6.45) is 2.57. The maximum Gasteiger partial charge on any atom is 0.231 e. The van der Waals surface area contributed by atoms with Gasteiger partial charge in [0.05, 0.1) is 6.07 Å². The predicted molar refractivity (Wildman–Crippen MR) is 60.5 cm³/mol. The molecule has 4 nitrogen and oxygen atoms in total. The Morgan fingerprint density at radius 2 is 2.12 bits per heavy atom. The molecule has 0 atom stereocenters. The summed E-state index contributed by atoms with van der Waals surface area (Å²) in [7, 11) is 0. The second kappa shape index (κ2) is 5.26. The van der Waals surface area contributed by atoms with Gasteiger partial charge in [-0.2, -0.15) is 5.26 Å². The first-order valence-electron chi connectivity index (χ1n) is 5.40. The molecular weight excluding hydrogens is 204 g/mol. The summed E-state index contributed by atoms with van der Waals surface area (Å²) < 4.78 is 10.5. The summed E-state index contributed by atoms with van der Waals surface area (Å²) in [5.41, 5.74) is 1.03. The highest BCUT2D eigenvalue weighted by atomic mass is 16.7. The van der Waals surface area contributed by atoms with Crippen molar-refractivity contribution in [2.75, 3.05) is 18.7 Å². The fourth-order valence-corrected chi connectivity index (χ4v) is 1.57. The molecule has 1 aliphatic heterocycles. The van der Waals surface area contributed by atoms with Crippen LogP contribution in [-0.4, -0.2) is 13.3 Å². The van der Waals surface area contributed by atoms with Crippen molar-refractivity contribution in [3.8, 4) is 17.6 Å². The number of unbranched alkanes of at least 4 members (excludes halogenated alkanes) is 2. The number of benzene rings is 1. The Morgan fingerprint density at radius 1 is 1.25 bits per heavy atom.